The lowest BCUT2D eigenvalue weighted by molar-refractivity contribution is 0.0746. The largest absolute Gasteiger partial charge is 0.338 e. The van der Waals surface area contributed by atoms with Gasteiger partial charge in [-0.25, -0.2) is 4.98 Å². The Hall–Kier alpha value is -3.08. The third-order valence-electron chi connectivity index (χ3n) is 5.54. The number of rotatable bonds is 3. The second-order valence-electron chi connectivity index (χ2n) is 7.51. The fourth-order valence-electron chi connectivity index (χ4n) is 3.60. The van der Waals surface area contributed by atoms with E-state index in [1.54, 1.807) is 0 Å². The number of nitrogens with zero attached hydrogens (tertiary/aromatic N) is 4. The van der Waals surface area contributed by atoms with Gasteiger partial charge in [-0.1, -0.05) is 23.8 Å². The van der Waals surface area contributed by atoms with Gasteiger partial charge < -0.3 is 9.80 Å². The molecular weight excluding hydrogens is 348 g/mol. The summed E-state index contributed by atoms with van der Waals surface area (Å²) in [5, 5.41) is 0. The normalized spacial score (nSPS) is 14.4. The first-order valence-electron chi connectivity index (χ1n) is 9.75. The van der Waals surface area contributed by atoms with E-state index >= 15 is 0 Å². The van der Waals surface area contributed by atoms with Crippen molar-refractivity contribution < 1.29 is 4.79 Å². The molecule has 0 bridgehead atoms. The van der Waals surface area contributed by atoms with E-state index < -0.39 is 0 Å². The van der Waals surface area contributed by atoms with Crippen LogP contribution in [0.1, 0.15) is 27.0 Å². The van der Waals surface area contributed by atoms with Gasteiger partial charge in [0.25, 0.3) is 5.91 Å². The Bertz CT molecular complexity index is 982. The summed E-state index contributed by atoms with van der Waals surface area (Å²) in [6.45, 7) is 9.16. The molecule has 1 fully saturated rings. The molecule has 0 radical (unpaired) electrons. The molecule has 1 amide bonds. The smallest absolute Gasteiger partial charge is 0.253 e. The lowest BCUT2D eigenvalue weighted by Gasteiger charge is -2.35. The molecule has 3 aromatic rings. The molecule has 0 atom stereocenters. The maximum absolute atomic E-state index is 12.9. The SMILES string of the molecule is Cc1ccc(-n2ccnc2N2CCN(C(=O)c3ccc(C)c(C)c3)CC2)cc1. The second kappa shape index (κ2) is 7.50. The molecule has 144 valence electrons. The molecule has 0 spiro atoms. The Labute approximate surface area is 166 Å². The molecule has 5 nitrogen and oxygen atoms in total. The van der Waals surface area contributed by atoms with Crippen molar-refractivity contribution in [1.82, 2.24) is 14.5 Å². The van der Waals surface area contributed by atoms with Gasteiger partial charge in [-0.2, -0.15) is 0 Å². The van der Waals surface area contributed by atoms with E-state index in [9.17, 15) is 4.79 Å². The van der Waals surface area contributed by atoms with Crippen LogP contribution >= 0.6 is 0 Å². The molecule has 1 aliphatic rings. The van der Waals surface area contributed by atoms with Gasteiger partial charge in [0.15, 0.2) is 0 Å². The molecule has 0 unspecified atom stereocenters. The van der Waals surface area contributed by atoms with Gasteiger partial charge in [0.05, 0.1) is 0 Å². The standard InChI is InChI=1S/C23H26N4O/c1-17-4-8-21(9-5-17)27-11-10-24-23(27)26-14-12-25(13-15-26)22(28)20-7-6-18(2)19(3)16-20/h4-11,16H,12-15H2,1-3H3. The molecule has 0 aliphatic carbocycles. The number of aryl methyl sites for hydroxylation is 3. The highest BCUT2D eigenvalue weighted by atomic mass is 16.2. The zero-order valence-electron chi connectivity index (χ0n) is 16.7. The number of benzene rings is 2. The summed E-state index contributed by atoms with van der Waals surface area (Å²) in [5.74, 6) is 1.05. The predicted molar refractivity (Wildman–Crippen MR) is 112 cm³/mol. The van der Waals surface area contributed by atoms with E-state index in [1.165, 1.54) is 11.1 Å². The van der Waals surface area contributed by atoms with E-state index in [0.29, 0.717) is 13.1 Å². The van der Waals surface area contributed by atoms with Crippen LogP contribution in [0.3, 0.4) is 0 Å². The van der Waals surface area contributed by atoms with Gasteiger partial charge >= 0.3 is 0 Å². The highest BCUT2D eigenvalue weighted by molar-refractivity contribution is 5.94. The van der Waals surface area contributed by atoms with Crippen LogP contribution in [0.15, 0.2) is 54.9 Å². The van der Waals surface area contributed by atoms with Crippen molar-refractivity contribution in [3.05, 3.63) is 77.1 Å². The van der Waals surface area contributed by atoms with Crippen LogP contribution in [-0.4, -0.2) is 46.5 Å². The van der Waals surface area contributed by atoms with Crippen LogP contribution in [0, 0.1) is 20.8 Å². The number of piperazine rings is 1. The van der Waals surface area contributed by atoms with Gasteiger partial charge in [-0.15, -0.1) is 0 Å². The van der Waals surface area contributed by atoms with Crippen LogP contribution in [0.4, 0.5) is 5.95 Å². The maximum atomic E-state index is 12.9. The molecule has 2 heterocycles. The summed E-state index contributed by atoms with van der Waals surface area (Å²) in [5.41, 5.74) is 5.49. The Morgan fingerprint density at radius 1 is 0.893 bits per heavy atom. The van der Waals surface area contributed by atoms with Crippen LogP contribution in [0.25, 0.3) is 5.69 Å². The van der Waals surface area contributed by atoms with E-state index in [0.717, 1.165) is 35.9 Å². The first kappa shape index (κ1) is 18.3. The molecule has 28 heavy (non-hydrogen) atoms. The summed E-state index contributed by atoms with van der Waals surface area (Å²) in [7, 11) is 0. The van der Waals surface area contributed by atoms with Gasteiger partial charge in [-0.05, 0) is 56.2 Å². The van der Waals surface area contributed by atoms with Crippen LogP contribution in [0.5, 0.6) is 0 Å². The Balaban J connectivity index is 1.46. The van der Waals surface area contributed by atoms with Crippen LogP contribution in [0.2, 0.25) is 0 Å². The molecular formula is C23H26N4O. The number of amides is 1. The minimum atomic E-state index is 0.115. The third-order valence-corrected chi connectivity index (χ3v) is 5.54. The number of anilines is 1. The van der Waals surface area contributed by atoms with E-state index in [4.69, 9.17) is 0 Å². The molecule has 5 heteroatoms. The van der Waals surface area contributed by atoms with Crippen molar-refractivity contribution in [3.63, 3.8) is 0 Å². The van der Waals surface area contributed by atoms with E-state index in [1.807, 2.05) is 35.5 Å². The summed E-state index contributed by atoms with van der Waals surface area (Å²) >= 11 is 0. The van der Waals surface area contributed by atoms with Crippen molar-refractivity contribution in [2.75, 3.05) is 31.1 Å². The highest BCUT2D eigenvalue weighted by Crippen LogP contribution is 2.21. The Kier molecular flexibility index (Phi) is 4.90. The van der Waals surface area contributed by atoms with Gasteiger partial charge in [0, 0.05) is 49.8 Å². The summed E-state index contributed by atoms with van der Waals surface area (Å²) < 4.78 is 2.11. The van der Waals surface area contributed by atoms with Gasteiger partial charge in [0.1, 0.15) is 0 Å². The monoisotopic (exact) mass is 374 g/mol. The molecule has 1 aliphatic heterocycles. The summed E-state index contributed by atoms with van der Waals surface area (Å²) in [6, 6.07) is 14.4. The topological polar surface area (TPSA) is 41.4 Å². The van der Waals surface area contributed by atoms with E-state index in [2.05, 4.69) is 59.5 Å². The Morgan fingerprint density at radius 3 is 2.29 bits per heavy atom. The van der Waals surface area contributed by atoms with Crippen molar-refractivity contribution >= 4 is 11.9 Å². The number of imidazole rings is 1. The van der Waals surface area contributed by atoms with Crippen LogP contribution in [-0.2, 0) is 0 Å². The average Bonchev–Trinajstić information content (AvgIpc) is 3.20. The van der Waals surface area contributed by atoms with Gasteiger partial charge in [0.2, 0.25) is 5.95 Å². The van der Waals surface area contributed by atoms with Crippen molar-refractivity contribution in [2.24, 2.45) is 0 Å². The summed E-state index contributed by atoms with van der Waals surface area (Å²) in [6.07, 6.45) is 3.83. The maximum Gasteiger partial charge on any atom is 0.253 e. The highest BCUT2D eigenvalue weighted by Gasteiger charge is 2.24. The first-order chi connectivity index (χ1) is 13.5. The molecule has 1 aromatic heterocycles. The van der Waals surface area contributed by atoms with Crippen molar-refractivity contribution in [2.45, 2.75) is 20.8 Å². The van der Waals surface area contributed by atoms with Gasteiger partial charge in [-0.3, -0.25) is 9.36 Å². The number of carbonyl (C=O) groups excluding carboxylic acids is 1. The van der Waals surface area contributed by atoms with Crippen LogP contribution < -0.4 is 4.90 Å². The molecule has 2 aromatic carbocycles. The molecule has 0 N–H and O–H groups in total. The minimum absolute atomic E-state index is 0.115. The lowest BCUT2D eigenvalue weighted by atomic mass is 10.1. The third kappa shape index (κ3) is 3.52. The number of carbonyl (C=O) groups is 1. The second-order valence-corrected chi connectivity index (χ2v) is 7.51. The molecule has 4 rings (SSSR count). The predicted octanol–water partition coefficient (Wildman–Crippen LogP) is 3.76. The van der Waals surface area contributed by atoms with Crippen molar-refractivity contribution in [3.8, 4) is 5.69 Å². The fraction of sp³-hybridized carbons (Fsp3) is 0.304. The zero-order chi connectivity index (χ0) is 19.7. The van der Waals surface area contributed by atoms with Crippen molar-refractivity contribution in [1.29, 1.82) is 0 Å². The van der Waals surface area contributed by atoms with E-state index in [-0.39, 0.29) is 5.91 Å². The first-order valence-corrected chi connectivity index (χ1v) is 9.75. The lowest BCUT2D eigenvalue weighted by Crippen LogP contribution is -2.49. The average molecular weight is 374 g/mol. The number of hydrogen-bond acceptors (Lipinski definition) is 3. The quantitative estimate of drug-likeness (QED) is 0.701. The summed E-state index contributed by atoms with van der Waals surface area (Å²) in [4.78, 5) is 21.6. The fourth-order valence-corrected chi connectivity index (χ4v) is 3.60. The molecule has 1 saturated heterocycles. The number of aromatic nitrogens is 2. The Morgan fingerprint density at radius 2 is 1.61 bits per heavy atom. The minimum Gasteiger partial charge on any atom is -0.338 e. The number of hydrogen-bond donors (Lipinski definition) is 0. The zero-order valence-corrected chi connectivity index (χ0v) is 16.7. The molecule has 0 saturated carbocycles.